The molecule has 2 rings (SSSR count). The van der Waals surface area contributed by atoms with Crippen LogP contribution in [0.4, 0.5) is 0 Å². The van der Waals surface area contributed by atoms with Crippen LogP contribution >= 0.6 is 0 Å². The van der Waals surface area contributed by atoms with Gasteiger partial charge in [0.1, 0.15) is 6.61 Å². The average molecular weight is 290 g/mol. The second kappa shape index (κ2) is 6.41. The fourth-order valence-corrected chi connectivity index (χ4v) is 2.03. The van der Waals surface area contributed by atoms with E-state index in [0.29, 0.717) is 19.1 Å². The summed E-state index contributed by atoms with van der Waals surface area (Å²) in [6.07, 6.45) is 0. The molecule has 0 aliphatic heterocycles. The van der Waals surface area contributed by atoms with Crippen molar-refractivity contribution in [3.8, 4) is 17.1 Å². The fraction of sp³-hybridized carbons (Fsp3) is 0.333. The molecule has 0 amide bonds. The third-order valence-corrected chi connectivity index (χ3v) is 3.25. The normalized spacial score (nSPS) is 10.6. The van der Waals surface area contributed by atoms with E-state index < -0.39 is 5.97 Å². The highest BCUT2D eigenvalue weighted by molar-refractivity contribution is 5.90. The van der Waals surface area contributed by atoms with Gasteiger partial charge in [0.25, 0.3) is 0 Å². The Labute approximate surface area is 122 Å². The number of methoxy groups -OCH3 is 1. The van der Waals surface area contributed by atoms with E-state index >= 15 is 0 Å². The van der Waals surface area contributed by atoms with Crippen molar-refractivity contribution in [2.45, 2.75) is 13.8 Å². The highest BCUT2D eigenvalue weighted by Gasteiger charge is 2.15. The van der Waals surface area contributed by atoms with Gasteiger partial charge in [-0.25, -0.2) is 4.79 Å². The van der Waals surface area contributed by atoms with Crippen molar-refractivity contribution >= 4 is 5.97 Å². The van der Waals surface area contributed by atoms with Crippen LogP contribution in [0.3, 0.4) is 0 Å². The van der Waals surface area contributed by atoms with Gasteiger partial charge in [0.2, 0.25) is 5.88 Å². The summed E-state index contributed by atoms with van der Waals surface area (Å²) in [6, 6.07) is 5.00. The lowest BCUT2D eigenvalue weighted by Gasteiger charge is -2.07. The minimum Gasteiger partial charge on any atom is -0.478 e. The van der Waals surface area contributed by atoms with Crippen molar-refractivity contribution in [1.82, 2.24) is 10.2 Å². The SMILES string of the molecule is COCCOc1n[nH]c(-c2cc(C(=O)O)ccc2C)c1C. The largest absolute Gasteiger partial charge is 0.478 e. The summed E-state index contributed by atoms with van der Waals surface area (Å²) in [5.41, 5.74) is 3.63. The Morgan fingerprint density at radius 1 is 1.33 bits per heavy atom. The van der Waals surface area contributed by atoms with E-state index in [1.54, 1.807) is 25.3 Å². The summed E-state index contributed by atoms with van der Waals surface area (Å²) in [7, 11) is 1.60. The number of nitrogens with zero attached hydrogens (tertiary/aromatic N) is 1. The lowest BCUT2D eigenvalue weighted by atomic mass is 10.0. The Balaban J connectivity index is 2.34. The first kappa shape index (κ1) is 15.1. The molecule has 0 bridgehead atoms. The van der Waals surface area contributed by atoms with Crippen LogP contribution in [0.1, 0.15) is 21.5 Å². The number of rotatable bonds is 6. The van der Waals surface area contributed by atoms with Crippen LogP contribution < -0.4 is 4.74 Å². The van der Waals surface area contributed by atoms with Crippen LogP contribution in [-0.4, -0.2) is 41.6 Å². The molecule has 6 heteroatoms. The molecule has 0 spiro atoms. The molecule has 1 aromatic carbocycles. The van der Waals surface area contributed by atoms with Crippen molar-refractivity contribution in [3.05, 3.63) is 34.9 Å². The molecule has 2 N–H and O–H groups in total. The number of aryl methyl sites for hydroxylation is 1. The number of aromatic nitrogens is 2. The van der Waals surface area contributed by atoms with Gasteiger partial charge in [-0.1, -0.05) is 6.07 Å². The smallest absolute Gasteiger partial charge is 0.335 e. The Kier molecular flexibility index (Phi) is 4.59. The van der Waals surface area contributed by atoms with Crippen molar-refractivity contribution in [2.75, 3.05) is 20.3 Å². The van der Waals surface area contributed by atoms with Crippen LogP contribution in [0.15, 0.2) is 18.2 Å². The third-order valence-electron chi connectivity index (χ3n) is 3.25. The van der Waals surface area contributed by atoms with Gasteiger partial charge in [0.15, 0.2) is 0 Å². The predicted molar refractivity (Wildman–Crippen MR) is 77.8 cm³/mol. The number of benzene rings is 1. The molecule has 1 aromatic heterocycles. The van der Waals surface area contributed by atoms with E-state index in [0.717, 1.165) is 22.4 Å². The second-order valence-corrected chi connectivity index (χ2v) is 4.70. The van der Waals surface area contributed by atoms with Gasteiger partial charge in [-0.3, -0.25) is 5.10 Å². The van der Waals surface area contributed by atoms with Gasteiger partial charge in [-0.05, 0) is 31.5 Å². The zero-order chi connectivity index (χ0) is 15.4. The van der Waals surface area contributed by atoms with E-state index in [1.807, 2.05) is 13.8 Å². The summed E-state index contributed by atoms with van der Waals surface area (Å²) in [6.45, 7) is 4.70. The number of carboxylic acid groups (broad SMARTS) is 1. The van der Waals surface area contributed by atoms with Crippen LogP contribution in [0.2, 0.25) is 0 Å². The van der Waals surface area contributed by atoms with E-state index in [4.69, 9.17) is 14.6 Å². The quantitative estimate of drug-likeness (QED) is 0.798. The molecular weight excluding hydrogens is 272 g/mol. The molecule has 0 atom stereocenters. The van der Waals surface area contributed by atoms with Crippen molar-refractivity contribution < 1.29 is 19.4 Å². The molecule has 2 aromatic rings. The Hall–Kier alpha value is -2.34. The van der Waals surface area contributed by atoms with E-state index in [-0.39, 0.29) is 5.56 Å². The molecule has 0 radical (unpaired) electrons. The standard InChI is InChI=1S/C15H18N2O4/c1-9-4-5-11(15(18)19)8-12(9)13-10(2)14(17-16-13)21-7-6-20-3/h4-5,8H,6-7H2,1-3H3,(H,16,17)(H,18,19). The number of carbonyl (C=O) groups is 1. The molecule has 0 saturated carbocycles. The molecule has 1 heterocycles. The van der Waals surface area contributed by atoms with Crippen molar-refractivity contribution in [1.29, 1.82) is 0 Å². The molecule has 0 saturated heterocycles. The van der Waals surface area contributed by atoms with E-state index in [1.165, 1.54) is 0 Å². The number of nitrogens with one attached hydrogen (secondary N) is 1. The molecule has 21 heavy (non-hydrogen) atoms. The Bertz CT molecular complexity index is 649. The predicted octanol–water partition coefficient (Wildman–Crippen LogP) is 2.42. The molecule has 0 aliphatic carbocycles. The average Bonchev–Trinajstić information content (AvgIpc) is 2.81. The number of carboxylic acids is 1. The van der Waals surface area contributed by atoms with Crippen molar-refractivity contribution in [2.24, 2.45) is 0 Å². The second-order valence-electron chi connectivity index (χ2n) is 4.70. The van der Waals surface area contributed by atoms with Crippen molar-refractivity contribution in [3.63, 3.8) is 0 Å². The number of hydrogen-bond acceptors (Lipinski definition) is 4. The summed E-state index contributed by atoms with van der Waals surface area (Å²) in [5.74, 6) is -0.452. The summed E-state index contributed by atoms with van der Waals surface area (Å²) >= 11 is 0. The molecule has 0 fully saturated rings. The van der Waals surface area contributed by atoms with E-state index in [2.05, 4.69) is 10.2 Å². The minimum atomic E-state index is -0.954. The molecular formula is C15H18N2O4. The molecule has 0 aliphatic rings. The molecule has 0 unspecified atom stereocenters. The fourth-order valence-electron chi connectivity index (χ4n) is 2.03. The van der Waals surface area contributed by atoms with Crippen LogP contribution in [0.5, 0.6) is 5.88 Å². The lowest BCUT2D eigenvalue weighted by Crippen LogP contribution is -2.05. The van der Waals surface area contributed by atoms with Gasteiger partial charge in [-0.15, -0.1) is 5.10 Å². The van der Waals surface area contributed by atoms with Gasteiger partial charge < -0.3 is 14.6 Å². The van der Waals surface area contributed by atoms with Crippen LogP contribution in [0, 0.1) is 13.8 Å². The summed E-state index contributed by atoms with van der Waals surface area (Å²) in [4.78, 5) is 11.1. The Morgan fingerprint density at radius 2 is 2.10 bits per heavy atom. The zero-order valence-corrected chi connectivity index (χ0v) is 12.3. The van der Waals surface area contributed by atoms with Crippen LogP contribution in [0.25, 0.3) is 11.3 Å². The maximum atomic E-state index is 11.1. The third kappa shape index (κ3) is 3.22. The molecule has 112 valence electrons. The maximum Gasteiger partial charge on any atom is 0.335 e. The zero-order valence-electron chi connectivity index (χ0n) is 12.3. The first-order chi connectivity index (χ1) is 10.0. The lowest BCUT2D eigenvalue weighted by molar-refractivity contribution is 0.0697. The number of hydrogen-bond donors (Lipinski definition) is 2. The number of aromatic amines is 1. The van der Waals surface area contributed by atoms with Gasteiger partial charge >= 0.3 is 5.97 Å². The summed E-state index contributed by atoms with van der Waals surface area (Å²) in [5, 5.41) is 16.1. The first-order valence-electron chi connectivity index (χ1n) is 6.55. The highest BCUT2D eigenvalue weighted by atomic mass is 16.5. The van der Waals surface area contributed by atoms with Gasteiger partial charge in [0, 0.05) is 18.2 Å². The highest BCUT2D eigenvalue weighted by Crippen LogP contribution is 2.30. The van der Waals surface area contributed by atoms with Gasteiger partial charge in [0.05, 0.1) is 17.9 Å². The van der Waals surface area contributed by atoms with E-state index in [9.17, 15) is 4.79 Å². The maximum absolute atomic E-state index is 11.1. The Morgan fingerprint density at radius 3 is 2.76 bits per heavy atom. The number of H-pyrrole nitrogens is 1. The first-order valence-corrected chi connectivity index (χ1v) is 6.55. The summed E-state index contributed by atoms with van der Waals surface area (Å²) < 4.78 is 10.4. The minimum absolute atomic E-state index is 0.242. The number of aromatic carboxylic acids is 1. The van der Waals surface area contributed by atoms with Gasteiger partial charge in [-0.2, -0.15) is 0 Å². The van der Waals surface area contributed by atoms with Crippen LogP contribution in [-0.2, 0) is 4.74 Å². The molecule has 6 nitrogen and oxygen atoms in total. The number of ether oxygens (including phenoxy) is 2. The topological polar surface area (TPSA) is 84.4 Å². The monoisotopic (exact) mass is 290 g/mol.